The number of hydrogen-bond acceptors (Lipinski definition) is 0. The van der Waals surface area contributed by atoms with Crippen LogP contribution in [-0.2, 0) is 0 Å². The summed E-state index contributed by atoms with van der Waals surface area (Å²) < 4.78 is 0. The molecule has 6 heteroatoms. The van der Waals surface area contributed by atoms with Crippen molar-refractivity contribution in [1.82, 2.24) is 0 Å². The van der Waals surface area contributed by atoms with Crippen molar-refractivity contribution in [2.24, 2.45) is 0 Å². The third-order valence-electron chi connectivity index (χ3n) is 13.8. The van der Waals surface area contributed by atoms with Crippen molar-refractivity contribution in [2.75, 3.05) is 12.3 Å². The minimum absolute atomic E-state index is 0.0108. The molecular formula is C67H138P6. The van der Waals surface area contributed by atoms with Crippen LogP contribution in [-0.4, -0.2) is 85.5 Å². The molecule has 0 bridgehead atoms. The summed E-state index contributed by atoms with van der Waals surface area (Å²) in [6.45, 7) is 93.1. The van der Waals surface area contributed by atoms with Crippen LogP contribution in [0.5, 0.6) is 0 Å². The molecule has 0 heterocycles. The highest BCUT2D eigenvalue weighted by Gasteiger charge is 2.50. The van der Waals surface area contributed by atoms with Gasteiger partial charge in [0.25, 0.3) is 0 Å². The molecule has 0 spiro atoms. The molecule has 1 aliphatic carbocycles. The Morgan fingerprint density at radius 1 is 0.315 bits per heavy atom. The maximum absolute atomic E-state index is 2.52. The van der Waals surface area contributed by atoms with Gasteiger partial charge in [-0.25, -0.2) is 0 Å². The molecule has 1 fully saturated rings. The highest BCUT2D eigenvalue weighted by molar-refractivity contribution is 7.74. The average molecular weight is 1130 g/mol. The summed E-state index contributed by atoms with van der Waals surface area (Å²) in [5.74, 6) is 0. The molecule has 0 radical (unpaired) electrons. The molecule has 0 amide bonds. The Kier molecular flexibility index (Phi) is 30.2. The number of unbranched alkanes of at least 4 members (excludes halogenated alkanes) is 2. The number of hydrogen-bond donors (Lipinski definition) is 0. The molecule has 1 saturated carbocycles. The van der Waals surface area contributed by atoms with Crippen LogP contribution in [0.15, 0.2) is 24.3 Å². The van der Waals surface area contributed by atoms with E-state index in [4.69, 9.17) is 0 Å². The highest BCUT2D eigenvalue weighted by atomic mass is 31.1. The predicted molar refractivity (Wildman–Crippen MR) is 365 cm³/mol. The van der Waals surface area contributed by atoms with E-state index in [0.29, 0.717) is 61.9 Å². The van der Waals surface area contributed by atoms with Crippen molar-refractivity contribution in [1.29, 1.82) is 0 Å². The second-order valence-electron chi connectivity index (χ2n) is 34.0. The van der Waals surface area contributed by atoms with Gasteiger partial charge in [-0.1, -0.05) is 367 Å². The van der Waals surface area contributed by atoms with Crippen LogP contribution >= 0.6 is 47.5 Å². The molecule has 0 saturated heterocycles. The van der Waals surface area contributed by atoms with Crippen molar-refractivity contribution < 1.29 is 0 Å². The quantitative estimate of drug-likeness (QED) is 0.216. The Labute approximate surface area is 473 Å². The van der Waals surface area contributed by atoms with Crippen molar-refractivity contribution in [3.05, 3.63) is 24.3 Å². The van der Waals surface area contributed by atoms with Crippen LogP contribution in [0.1, 0.15) is 308 Å². The van der Waals surface area contributed by atoms with Gasteiger partial charge in [-0.15, -0.1) is 0 Å². The molecule has 0 nitrogen and oxygen atoms in total. The van der Waals surface area contributed by atoms with Gasteiger partial charge in [0.15, 0.2) is 0 Å². The molecular weight excluding hydrogens is 991 g/mol. The van der Waals surface area contributed by atoms with Gasteiger partial charge in [0.2, 0.25) is 0 Å². The molecule has 1 aliphatic rings. The van der Waals surface area contributed by atoms with Crippen LogP contribution in [0.2, 0.25) is 0 Å². The summed E-state index contributed by atoms with van der Waals surface area (Å²) in [6, 6.07) is 9.38. The highest BCUT2D eigenvalue weighted by Crippen LogP contribution is 2.74. The SMILES string of the molecule is CC(C)(C)P(C1CCCCC1P(C(C)(C)C)C(C)(C)C)C(C)(C)C.CC(C)(C)P(CCP(C(C)(C)C)C(C)(C)C)C(C)(C)C.CC(C)(C)P(c1ccccc1P(C(C)(C)C)C(C)(C)C)C(C)(C)C.CCCCC. The Morgan fingerprint density at radius 2 is 0.521 bits per heavy atom. The van der Waals surface area contributed by atoms with Crippen molar-refractivity contribution >= 4 is 58.1 Å². The van der Waals surface area contributed by atoms with Crippen LogP contribution < -0.4 is 10.6 Å². The molecule has 0 N–H and O–H groups in total. The van der Waals surface area contributed by atoms with Crippen LogP contribution in [0.4, 0.5) is 0 Å². The van der Waals surface area contributed by atoms with E-state index in [1.54, 1.807) is 10.6 Å². The summed E-state index contributed by atoms with van der Waals surface area (Å²) in [7, 11) is -0.467. The minimum Gasteiger partial charge on any atom is -0.0953 e. The van der Waals surface area contributed by atoms with Crippen molar-refractivity contribution in [2.45, 2.75) is 381 Å². The molecule has 436 valence electrons. The molecule has 0 aliphatic heterocycles. The van der Waals surface area contributed by atoms with Crippen LogP contribution in [0.25, 0.3) is 0 Å². The minimum atomic E-state index is -0.269. The fourth-order valence-corrected chi connectivity index (χ4v) is 41.5. The fourth-order valence-electron chi connectivity index (χ4n) is 13.9. The maximum Gasteiger partial charge on any atom is -0.0132 e. The van der Waals surface area contributed by atoms with E-state index < -0.39 is 0 Å². The topological polar surface area (TPSA) is 0 Å². The van der Waals surface area contributed by atoms with E-state index in [1.165, 1.54) is 57.3 Å². The Balaban J connectivity index is 0. The fraction of sp³-hybridized carbons (Fsp3) is 0.910. The van der Waals surface area contributed by atoms with E-state index >= 15 is 0 Å². The Bertz CT molecular complexity index is 1460. The smallest absolute Gasteiger partial charge is 0.0132 e. The lowest BCUT2D eigenvalue weighted by Gasteiger charge is -2.56. The standard InChI is InChI=1S/C22H46P2.C22H40P2.C18H40P2.C5H12/c2*1-19(2,3)23(20(4,5)6)17-15-13-14-16-18(17)24(21(7,8)9)22(10,11)12;1-15(2,3)19(16(4,5)6)13-14-20(17(7,8)9)18(10,11)12;1-3-5-4-2/h17-18H,13-16H2,1-12H3;13-16H,1-12H3;13-14H2,1-12H3;3-5H2,1-2H3. The molecule has 2 atom stereocenters. The van der Waals surface area contributed by atoms with Gasteiger partial charge in [0.05, 0.1) is 0 Å². The lowest BCUT2D eigenvalue weighted by atomic mass is 9.99. The van der Waals surface area contributed by atoms with E-state index in [2.05, 4.69) is 287 Å². The molecule has 2 unspecified atom stereocenters. The Morgan fingerprint density at radius 3 is 0.658 bits per heavy atom. The van der Waals surface area contributed by atoms with Gasteiger partial charge >= 0.3 is 0 Å². The Hall–Kier alpha value is 1.80. The monoisotopic (exact) mass is 1130 g/mol. The summed E-state index contributed by atoms with van der Waals surface area (Å²) in [5.41, 5.74) is 1.91. The summed E-state index contributed by atoms with van der Waals surface area (Å²) in [6.07, 6.45) is 12.8. The van der Waals surface area contributed by atoms with Gasteiger partial charge in [-0.2, -0.15) is 0 Å². The van der Waals surface area contributed by atoms with Crippen LogP contribution in [0.3, 0.4) is 0 Å². The molecule has 73 heavy (non-hydrogen) atoms. The zero-order valence-corrected chi connectivity index (χ0v) is 62.9. The second kappa shape index (κ2) is 28.7. The molecule has 0 aromatic heterocycles. The first-order chi connectivity index (χ1) is 31.8. The van der Waals surface area contributed by atoms with Gasteiger partial charge in [0.1, 0.15) is 0 Å². The third-order valence-corrected chi connectivity index (χ3v) is 37.8. The largest absolute Gasteiger partial charge is 0.0953 e. The first-order valence-corrected chi connectivity index (χ1v) is 38.2. The molecule has 1 aromatic rings. The number of rotatable bonds is 9. The average Bonchev–Trinajstić information content (AvgIpc) is 3.06. The van der Waals surface area contributed by atoms with E-state index in [0.717, 1.165) is 11.3 Å². The van der Waals surface area contributed by atoms with E-state index in [-0.39, 0.29) is 47.5 Å². The third kappa shape index (κ3) is 27.0. The van der Waals surface area contributed by atoms with Gasteiger partial charge in [-0.05, 0) is 109 Å². The lowest BCUT2D eigenvalue weighted by molar-refractivity contribution is 0.491. The van der Waals surface area contributed by atoms with E-state index in [1.807, 2.05) is 0 Å². The maximum atomic E-state index is 2.52. The first kappa shape index (κ1) is 76.9. The number of benzene rings is 1. The van der Waals surface area contributed by atoms with E-state index in [9.17, 15) is 0 Å². The molecule has 1 aromatic carbocycles. The second-order valence-corrected chi connectivity index (χ2v) is 57.8. The van der Waals surface area contributed by atoms with Gasteiger partial charge < -0.3 is 0 Å². The predicted octanol–water partition coefficient (Wildman–Crippen LogP) is 24.9. The van der Waals surface area contributed by atoms with Crippen molar-refractivity contribution in [3.63, 3.8) is 0 Å². The van der Waals surface area contributed by atoms with Gasteiger partial charge in [0, 0.05) is 0 Å². The first-order valence-electron chi connectivity index (χ1n) is 29.7. The van der Waals surface area contributed by atoms with Crippen molar-refractivity contribution in [3.8, 4) is 0 Å². The summed E-state index contributed by atoms with van der Waals surface area (Å²) in [5, 5.41) is 8.15. The summed E-state index contributed by atoms with van der Waals surface area (Å²) in [4.78, 5) is 0. The lowest BCUT2D eigenvalue weighted by Crippen LogP contribution is -2.43. The zero-order valence-electron chi connectivity index (χ0n) is 57.5. The zero-order chi connectivity index (χ0) is 59.0. The summed E-state index contributed by atoms with van der Waals surface area (Å²) >= 11 is 0. The molecule has 2 rings (SSSR count). The van der Waals surface area contributed by atoms with Gasteiger partial charge in [-0.3, -0.25) is 0 Å². The normalized spacial score (nSPS) is 17.7. The van der Waals surface area contributed by atoms with Crippen LogP contribution in [0, 0.1) is 0 Å².